The molecule has 1 saturated heterocycles. The molecule has 14 nitrogen and oxygen atoms in total. The van der Waals surface area contributed by atoms with Gasteiger partial charge in [0.1, 0.15) is 23.8 Å². The molecule has 2 atom stereocenters. The van der Waals surface area contributed by atoms with Crippen LogP contribution in [0.5, 0.6) is 0 Å². The minimum absolute atomic E-state index is 0. The predicted octanol–water partition coefficient (Wildman–Crippen LogP) is -1.74. The fourth-order valence-corrected chi connectivity index (χ4v) is 4.00. The van der Waals surface area contributed by atoms with E-state index >= 15 is 0 Å². The standard InChI is InChI=1S/C13H13Cl2N5O9S2.Na.H/c1-28-13(24)7-6(12(23)20(7)31(25,26)27)17-9(21)4(19-29-2)5-11(30-3-16-5)18-10(22)8(14)15;;/h3,6-8H,1-2H3,(H,17,21)(H,18,22)(H,25,26,27);;/b19-4-;;. The van der Waals surface area contributed by atoms with Crippen LogP contribution in [0, 0.1) is 0 Å². The van der Waals surface area contributed by atoms with E-state index in [2.05, 4.69) is 30.3 Å². The molecule has 1 aliphatic heterocycles. The third-order valence-electron chi connectivity index (χ3n) is 3.65. The Labute approximate surface area is 216 Å². The van der Waals surface area contributed by atoms with Gasteiger partial charge in [0.05, 0.1) is 12.6 Å². The van der Waals surface area contributed by atoms with Gasteiger partial charge in [-0.2, -0.15) is 12.7 Å². The second-order valence-corrected chi connectivity index (χ2v) is 8.71. The van der Waals surface area contributed by atoms with E-state index < -0.39 is 56.6 Å². The summed E-state index contributed by atoms with van der Waals surface area (Å²) in [5, 5.41) is 7.91. The molecule has 3 amide bonds. The number of methoxy groups -OCH3 is 1. The van der Waals surface area contributed by atoms with Crippen molar-refractivity contribution in [3.63, 3.8) is 0 Å². The van der Waals surface area contributed by atoms with Crippen LogP contribution in [0.2, 0.25) is 0 Å². The van der Waals surface area contributed by atoms with Crippen molar-refractivity contribution in [3.05, 3.63) is 11.2 Å². The number of rotatable bonds is 8. The van der Waals surface area contributed by atoms with Crippen LogP contribution in [0.15, 0.2) is 10.7 Å². The van der Waals surface area contributed by atoms with Gasteiger partial charge in [-0.05, 0) is 0 Å². The number of hydrogen-bond acceptors (Lipinski definition) is 11. The zero-order chi connectivity index (χ0) is 23.5. The molecule has 172 valence electrons. The first-order valence-electron chi connectivity index (χ1n) is 7.77. The monoisotopic (exact) mass is 541 g/mol. The Morgan fingerprint density at radius 3 is 2.47 bits per heavy atom. The number of alkyl halides is 2. The van der Waals surface area contributed by atoms with E-state index in [0.29, 0.717) is 0 Å². The molecule has 0 spiro atoms. The molecule has 0 bridgehead atoms. The average Bonchev–Trinajstić information content (AvgIpc) is 3.13. The van der Waals surface area contributed by atoms with Crippen molar-refractivity contribution in [2.24, 2.45) is 5.16 Å². The van der Waals surface area contributed by atoms with Crippen LogP contribution in [0.1, 0.15) is 5.69 Å². The number of hydrogen-bond donors (Lipinski definition) is 3. The molecule has 0 saturated carbocycles. The number of thiazole rings is 1. The van der Waals surface area contributed by atoms with Gasteiger partial charge < -0.3 is 20.2 Å². The Bertz CT molecular complexity index is 1050. The summed E-state index contributed by atoms with van der Waals surface area (Å²) in [6.07, 6.45) is 0. The number of β-lactam (4-membered cyclic amide) rings is 1. The van der Waals surface area contributed by atoms with E-state index in [-0.39, 0.29) is 44.6 Å². The molecule has 2 rings (SSSR count). The molecule has 3 N–H and O–H groups in total. The molecular weight excluding hydrogens is 528 g/mol. The number of oxime groups is 1. The van der Waals surface area contributed by atoms with Crippen molar-refractivity contribution in [1.82, 2.24) is 14.6 Å². The molecule has 1 fully saturated rings. The van der Waals surface area contributed by atoms with Crippen LogP contribution in [-0.4, -0.2) is 112 Å². The maximum absolute atomic E-state index is 12.7. The number of carbonyl (C=O) groups excluding carboxylic acids is 4. The fourth-order valence-electron chi connectivity index (χ4n) is 2.38. The molecule has 0 aromatic carbocycles. The van der Waals surface area contributed by atoms with Crippen LogP contribution < -0.4 is 10.6 Å². The molecule has 32 heavy (non-hydrogen) atoms. The van der Waals surface area contributed by atoms with Crippen LogP contribution >= 0.6 is 34.5 Å². The number of ether oxygens (including phenoxy) is 1. The van der Waals surface area contributed by atoms with Crippen molar-refractivity contribution >= 4 is 109 Å². The van der Waals surface area contributed by atoms with Crippen LogP contribution in [0.25, 0.3) is 0 Å². The van der Waals surface area contributed by atoms with Crippen LogP contribution in [0.3, 0.4) is 0 Å². The van der Waals surface area contributed by atoms with E-state index in [9.17, 15) is 27.6 Å². The predicted molar refractivity (Wildman–Crippen MR) is 113 cm³/mol. The summed E-state index contributed by atoms with van der Waals surface area (Å²) in [6, 6.07) is -3.57. The van der Waals surface area contributed by atoms with Gasteiger partial charge in [0, 0.05) is 0 Å². The number of esters is 1. The number of anilines is 1. The van der Waals surface area contributed by atoms with Crippen LogP contribution in [0.4, 0.5) is 5.00 Å². The summed E-state index contributed by atoms with van der Waals surface area (Å²) in [6.45, 7) is 0. The number of amides is 3. The molecule has 19 heteroatoms. The zero-order valence-electron chi connectivity index (χ0n) is 15.4. The molecule has 1 aromatic heterocycles. The first kappa shape index (κ1) is 28.5. The van der Waals surface area contributed by atoms with Gasteiger partial charge in [0.15, 0.2) is 16.6 Å². The Morgan fingerprint density at radius 1 is 1.34 bits per heavy atom. The van der Waals surface area contributed by atoms with E-state index in [4.69, 9.17) is 27.8 Å². The Balaban J connectivity index is 0.00000512. The number of nitrogens with zero attached hydrogens (tertiary/aromatic N) is 3. The summed E-state index contributed by atoms with van der Waals surface area (Å²) >= 11 is 11.8. The second kappa shape index (κ2) is 11.6. The molecule has 1 aliphatic rings. The number of halogens is 2. The van der Waals surface area contributed by atoms with Gasteiger partial charge >= 0.3 is 45.8 Å². The molecular formula is C13H14Cl2N5NaO9S2. The van der Waals surface area contributed by atoms with Crippen molar-refractivity contribution < 1.29 is 41.7 Å². The minimum atomic E-state index is -5.10. The van der Waals surface area contributed by atoms with Crippen molar-refractivity contribution in [2.75, 3.05) is 19.5 Å². The summed E-state index contributed by atoms with van der Waals surface area (Å²) in [5.74, 6) is -4.47. The molecule has 0 aliphatic carbocycles. The topological polar surface area (TPSA) is 194 Å². The van der Waals surface area contributed by atoms with Gasteiger partial charge in [0.2, 0.25) is 0 Å². The van der Waals surface area contributed by atoms with Gasteiger partial charge in [-0.15, -0.1) is 11.3 Å². The molecule has 0 radical (unpaired) electrons. The maximum atomic E-state index is 12.7. The summed E-state index contributed by atoms with van der Waals surface area (Å²) < 4.78 is 36.1. The Morgan fingerprint density at radius 2 is 1.97 bits per heavy atom. The third-order valence-corrected chi connectivity index (χ3v) is 5.70. The van der Waals surface area contributed by atoms with Crippen molar-refractivity contribution in [1.29, 1.82) is 0 Å². The molecule has 2 unspecified atom stereocenters. The Kier molecular flexibility index (Phi) is 10.3. The van der Waals surface area contributed by atoms with Gasteiger partial charge in [-0.1, -0.05) is 28.4 Å². The quantitative estimate of drug-likeness (QED) is 0.0646. The van der Waals surface area contributed by atoms with Crippen molar-refractivity contribution in [2.45, 2.75) is 16.9 Å². The summed E-state index contributed by atoms with van der Waals surface area (Å²) in [4.78, 5) is 55.5. The van der Waals surface area contributed by atoms with Crippen LogP contribution in [-0.2, 0) is 39.1 Å². The average molecular weight is 542 g/mol. The fraction of sp³-hybridized carbons (Fsp3) is 0.385. The van der Waals surface area contributed by atoms with E-state index in [0.717, 1.165) is 25.6 Å². The summed E-state index contributed by atoms with van der Waals surface area (Å²) in [7, 11) is -3.09. The van der Waals surface area contributed by atoms with E-state index in [1.165, 1.54) is 5.51 Å². The SMILES string of the molecule is CO/N=C(\C(=O)NC1C(=O)N(S(=O)(=O)O)C1C(=O)OC)c1ncsc1NC(=O)C(Cl)Cl.[NaH]. The second-order valence-electron chi connectivity index (χ2n) is 5.47. The molecule has 1 aromatic rings. The first-order valence-corrected chi connectivity index (χ1v) is 10.9. The normalized spacial score (nSPS) is 18.4. The summed E-state index contributed by atoms with van der Waals surface area (Å²) in [5.41, 5.74) is 0.508. The van der Waals surface area contributed by atoms with Gasteiger partial charge in [-0.3, -0.25) is 18.9 Å². The molecule has 2 heterocycles. The number of aromatic nitrogens is 1. The third kappa shape index (κ3) is 6.07. The number of carbonyl (C=O) groups is 4. The van der Waals surface area contributed by atoms with E-state index in [1.807, 2.05) is 0 Å². The van der Waals surface area contributed by atoms with Crippen molar-refractivity contribution in [3.8, 4) is 0 Å². The van der Waals surface area contributed by atoms with Gasteiger partial charge in [-0.25, -0.2) is 9.78 Å². The first-order chi connectivity index (χ1) is 14.4. The zero-order valence-corrected chi connectivity index (χ0v) is 18.6. The Hall–Kier alpha value is -1.53. The van der Waals surface area contributed by atoms with E-state index in [1.54, 1.807) is 0 Å². The van der Waals surface area contributed by atoms with Gasteiger partial charge in [0.25, 0.3) is 17.7 Å². The number of nitrogens with one attached hydrogen (secondary N) is 2.